The number of hydrogen-bond acceptors (Lipinski definition) is 4. The number of ether oxygens (including phenoxy) is 2. The number of methoxy groups -OCH3 is 2. The van der Waals surface area contributed by atoms with Crippen LogP contribution < -0.4 is 19.7 Å². The molecule has 2 amide bonds. The third kappa shape index (κ3) is 3.43. The molecule has 2 heterocycles. The van der Waals surface area contributed by atoms with Gasteiger partial charge in [0.2, 0.25) is 5.91 Å². The summed E-state index contributed by atoms with van der Waals surface area (Å²) in [5.41, 5.74) is 0.905. The van der Waals surface area contributed by atoms with Gasteiger partial charge in [0.1, 0.15) is 22.7 Å². The molecular weight excluding hydrogens is 418 g/mol. The van der Waals surface area contributed by atoms with Gasteiger partial charge in [-0.2, -0.15) is 0 Å². The number of amides is 2. The van der Waals surface area contributed by atoms with Crippen molar-refractivity contribution in [2.75, 3.05) is 19.1 Å². The predicted molar refractivity (Wildman–Crippen MR) is 127 cm³/mol. The Labute approximate surface area is 193 Å². The molecule has 1 atom stereocenters. The third-order valence-corrected chi connectivity index (χ3v) is 7.00. The molecule has 0 spiro atoms. The van der Waals surface area contributed by atoms with Crippen molar-refractivity contribution in [1.29, 1.82) is 0 Å². The van der Waals surface area contributed by atoms with Crippen LogP contribution in [0.15, 0.2) is 48.5 Å². The molecule has 33 heavy (non-hydrogen) atoms. The number of rotatable bonds is 5. The number of carbonyl (C=O) groups excluding carboxylic acids is 2. The first-order valence-corrected chi connectivity index (χ1v) is 11.4. The van der Waals surface area contributed by atoms with Crippen molar-refractivity contribution in [3.05, 3.63) is 54.2 Å². The molecule has 2 aromatic carbocycles. The van der Waals surface area contributed by atoms with Crippen LogP contribution in [0.1, 0.15) is 43.1 Å². The Bertz CT molecular complexity index is 1230. The highest BCUT2D eigenvalue weighted by Crippen LogP contribution is 2.41. The number of nitrogens with zero attached hydrogens (tertiary/aromatic N) is 2. The SMILES string of the molecule is COc1ccc(N2C(=O)c3cc4ccccc4n3C[C@@]2(C)C(=O)NC2CCCC2)c(OC)c1. The second-order valence-electron chi connectivity index (χ2n) is 9.08. The first kappa shape index (κ1) is 21.4. The zero-order valence-electron chi connectivity index (χ0n) is 19.3. The molecule has 2 aliphatic rings. The Kier molecular flexibility index (Phi) is 5.27. The van der Waals surface area contributed by atoms with Crippen LogP contribution in [0.25, 0.3) is 10.9 Å². The van der Waals surface area contributed by atoms with Crippen molar-refractivity contribution >= 4 is 28.4 Å². The summed E-state index contributed by atoms with van der Waals surface area (Å²) >= 11 is 0. The van der Waals surface area contributed by atoms with E-state index in [1.54, 1.807) is 37.3 Å². The molecule has 0 saturated heterocycles. The summed E-state index contributed by atoms with van der Waals surface area (Å²) in [6, 6.07) is 15.2. The number of hydrogen-bond donors (Lipinski definition) is 1. The Balaban J connectivity index is 1.67. The van der Waals surface area contributed by atoms with Crippen molar-refractivity contribution in [2.45, 2.75) is 50.7 Å². The zero-order chi connectivity index (χ0) is 23.2. The Morgan fingerprint density at radius 1 is 1.06 bits per heavy atom. The Morgan fingerprint density at radius 3 is 2.55 bits per heavy atom. The summed E-state index contributed by atoms with van der Waals surface area (Å²) in [4.78, 5) is 29.4. The second kappa shape index (κ2) is 8.14. The lowest BCUT2D eigenvalue weighted by Crippen LogP contribution is -2.65. The monoisotopic (exact) mass is 447 g/mol. The summed E-state index contributed by atoms with van der Waals surface area (Å²) in [7, 11) is 3.14. The Hall–Kier alpha value is -3.48. The normalized spacial score (nSPS) is 20.7. The lowest BCUT2D eigenvalue weighted by atomic mass is 9.93. The fourth-order valence-corrected chi connectivity index (χ4v) is 5.20. The van der Waals surface area contributed by atoms with Gasteiger partial charge in [-0.05, 0) is 44.0 Å². The molecule has 1 aliphatic carbocycles. The molecule has 1 aromatic heterocycles. The van der Waals surface area contributed by atoms with Crippen molar-refractivity contribution in [2.24, 2.45) is 0 Å². The molecule has 0 bridgehead atoms. The summed E-state index contributed by atoms with van der Waals surface area (Å²) in [5, 5.41) is 4.20. The minimum atomic E-state index is -1.14. The van der Waals surface area contributed by atoms with Gasteiger partial charge < -0.3 is 19.4 Å². The summed E-state index contributed by atoms with van der Waals surface area (Å²) in [6.45, 7) is 2.19. The molecule has 3 aromatic rings. The van der Waals surface area contributed by atoms with E-state index < -0.39 is 5.54 Å². The summed E-state index contributed by atoms with van der Waals surface area (Å²) in [6.07, 6.45) is 4.17. The molecule has 1 N–H and O–H groups in total. The van der Waals surface area contributed by atoms with Gasteiger partial charge in [-0.15, -0.1) is 0 Å². The molecule has 1 aliphatic heterocycles. The van der Waals surface area contributed by atoms with Gasteiger partial charge in [-0.25, -0.2) is 0 Å². The van der Waals surface area contributed by atoms with E-state index in [1.165, 1.54) is 0 Å². The van der Waals surface area contributed by atoms with E-state index in [2.05, 4.69) is 5.32 Å². The van der Waals surface area contributed by atoms with E-state index in [-0.39, 0.29) is 17.9 Å². The lowest BCUT2D eigenvalue weighted by molar-refractivity contribution is -0.127. The van der Waals surface area contributed by atoms with Gasteiger partial charge in [-0.1, -0.05) is 31.0 Å². The van der Waals surface area contributed by atoms with Crippen LogP contribution >= 0.6 is 0 Å². The average molecular weight is 448 g/mol. The molecular formula is C26H29N3O4. The number of para-hydroxylation sites is 1. The minimum Gasteiger partial charge on any atom is -0.497 e. The van der Waals surface area contributed by atoms with E-state index in [0.29, 0.717) is 29.4 Å². The highest BCUT2D eigenvalue weighted by Gasteiger charge is 2.50. The summed E-state index contributed by atoms with van der Waals surface area (Å²) in [5.74, 6) is 0.715. The van der Waals surface area contributed by atoms with Crippen LogP contribution in [0.4, 0.5) is 5.69 Å². The zero-order valence-corrected chi connectivity index (χ0v) is 19.3. The number of carbonyl (C=O) groups is 2. The first-order chi connectivity index (χ1) is 16.0. The Morgan fingerprint density at radius 2 is 1.82 bits per heavy atom. The number of benzene rings is 2. The topological polar surface area (TPSA) is 72.8 Å². The van der Waals surface area contributed by atoms with Crippen molar-refractivity contribution in [1.82, 2.24) is 9.88 Å². The maximum absolute atomic E-state index is 14.0. The molecule has 0 unspecified atom stereocenters. The van der Waals surface area contributed by atoms with E-state index in [0.717, 1.165) is 36.6 Å². The maximum Gasteiger partial charge on any atom is 0.276 e. The fraction of sp³-hybridized carbons (Fsp3) is 0.385. The van der Waals surface area contributed by atoms with Crippen LogP contribution in [0.5, 0.6) is 11.5 Å². The van der Waals surface area contributed by atoms with E-state index in [4.69, 9.17) is 9.47 Å². The van der Waals surface area contributed by atoms with Crippen LogP contribution in [0.3, 0.4) is 0 Å². The molecule has 1 fully saturated rings. The van der Waals surface area contributed by atoms with Crippen molar-refractivity contribution in [3.63, 3.8) is 0 Å². The summed E-state index contributed by atoms with van der Waals surface area (Å²) < 4.78 is 12.9. The quantitative estimate of drug-likeness (QED) is 0.638. The molecule has 7 nitrogen and oxygen atoms in total. The molecule has 1 saturated carbocycles. The van der Waals surface area contributed by atoms with Gasteiger partial charge in [-0.3, -0.25) is 14.5 Å². The number of anilines is 1. The van der Waals surface area contributed by atoms with Gasteiger partial charge in [0.05, 0.1) is 26.5 Å². The molecule has 7 heteroatoms. The molecule has 0 radical (unpaired) electrons. The van der Waals surface area contributed by atoms with Crippen molar-refractivity contribution in [3.8, 4) is 11.5 Å². The maximum atomic E-state index is 14.0. The number of nitrogens with one attached hydrogen (secondary N) is 1. The van der Waals surface area contributed by atoms with Gasteiger partial charge >= 0.3 is 0 Å². The minimum absolute atomic E-state index is 0.145. The predicted octanol–water partition coefficient (Wildman–Crippen LogP) is 4.14. The largest absolute Gasteiger partial charge is 0.497 e. The smallest absolute Gasteiger partial charge is 0.276 e. The van der Waals surface area contributed by atoms with Crippen LogP contribution in [-0.4, -0.2) is 42.2 Å². The van der Waals surface area contributed by atoms with Gasteiger partial charge in [0.25, 0.3) is 5.91 Å². The van der Waals surface area contributed by atoms with Crippen LogP contribution in [0.2, 0.25) is 0 Å². The number of fused-ring (bicyclic) bond motifs is 3. The molecule has 172 valence electrons. The average Bonchev–Trinajstić information content (AvgIpc) is 3.47. The van der Waals surface area contributed by atoms with E-state index in [1.807, 2.05) is 41.8 Å². The molecule has 5 rings (SSSR count). The van der Waals surface area contributed by atoms with Crippen LogP contribution in [-0.2, 0) is 11.3 Å². The third-order valence-electron chi connectivity index (χ3n) is 7.00. The fourth-order valence-electron chi connectivity index (χ4n) is 5.20. The van der Waals surface area contributed by atoms with E-state index in [9.17, 15) is 9.59 Å². The first-order valence-electron chi connectivity index (χ1n) is 11.4. The standard InChI is InChI=1S/C26H29N3O4/c1-26(25(31)27-18-9-5-6-10-18)16-28-20-11-7-4-8-17(20)14-22(28)24(30)29(26)21-13-12-19(32-2)15-23(21)33-3/h4,7-8,11-15,18H,5-6,9-10,16H2,1-3H3,(H,27,31)/t26-/m0/s1. The number of aromatic nitrogens is 1. The van der Waals surface area contributed by atoms with Gasteiger partial charge in [0.15, 0.2) is 0 Å². The van der Waals surface area contributed by atoms with Crippen molar-refractivity contribution < 1.29 is 19.1 Å². The highest BCUT2D eigenvalue weighted by atomic mass is 16.5. The van der Waals surface area contributed by atoms with Crippen LogP contribution in [0, 0.1) is 0 Å². The van der Waals surface area contributed by atoms with E-state index >= 15 is 0 Å². The highest BCUT2D eigenvalue weighted by molar-refractivity contribution is 6.14. The van der Waals surface area contributed by atoms with Gasteiger partial charge in [0, 0.05) is 23.0 Å². The second-order valence-corrected chi connectivity index (χ2v) is 9.08. The lowest BCUT2D eigenvalue weighted by Gasteiger charge is -2.44.